The molecule has 0 saturated heterocycles. The second-order valence-corrected chi connectivity index (χ2v) is 15.1. The molecule has 11 rings (SSSR count). The Hall–Kier alpha value is -6.54. The Morgan fingerprint density at radius 3 is 1.77 bits per heavy atom. The Kier molecular flexibility index (Phi) is 6.83. The summed E-state index contributed by atoms with van der Waals surface area (Å²) in [5.41, 5.74) is 8.54. The highest BCUT2D eigenvalue weighted by Crippen LogP contribution is 2.48. The van der Waals surface area contributed by atoms with Crippen LogP contribution < -0.4 is 0 Å². The molecule has 0 radical (unpaired) electrons. The Morgan fingerprint density at radius 2 is 1.02 bits per heavy atom. The van der Waals surface area contributed by atoms with E-state index in [4.69, 9.17) is 19.9 Å². The van der Waals surface area contributed by atoms with Crippen molar-refractivity contribution in [1.82, 2.24) is 24.5 Å². The first-order chi connectivity index (χ1) is 26.3. The summed E-state index contributed by atoms with van der Waals surface area (Å²) in [6, 6.07) is 57.2. The van der Waals surface area contributed by atoms with E-state index in [-0.39, 0.29) is 0 Å². The van der Waals surface area contributed by atoms with Crippen LogP contribution in [0.4, 0.5) is 0 Å². The lowest BCUT2D eigenvalue weighted by Crippen LogP contribution is -2.06. The molecule has 0 aliphatic heterocycles. The summed E-state index contributed by atoms with van der Waals surface area (Å²) in [6.07, 6.45) is 0. The van der Waals surface area contributed by atoms with Crippen LogP contribution in [0.1, 0.15) is 0 Å². The van der Waals surface area contributed by atoms with Crippen LogP contribution in [0.5, 0.6) is 0 Å². The van der Waals surface area contributed by atoms with Crippen molar-refractivity contribution < 1.29 is 0 Å². The number of aromatic nitrogens is 5. The van der Waals surface area contributed by atoms with Crippen LogP contribution >= 0.6 is 22.7 Å². The van der Waals surface area contributed by atoms with Gasteiger partial charge in [-0.15, -0.1) is 22.7 Å². The molecule has 0 aliphatic rings. The fraction of sp³-hybridized carbons (Fsp3) is 0. The summed E-state index contributed by atoms with van der Waals surface area (Å²) in [6.45, 7) is 0. The minimum Gasteiger partial charge on any atom is -0.278 e. The van der Waals surface area contributed by atoms with Crippen molar-refractivity contribution >= 4 is 74.9 Å². The molecule has 0 bridgehead atoms. The van der Waals surface area contributed by atoms with Gasteiger partial charge in [-0.2, -0.15) is 9.97 Å². The molecular weight excluding hydrogens is 687 g/mol. The third-order valence-electron chi connectivity index (χ3n) is 9.94. The molecule has 0 atom stereocenters. The van der Waals surface area contributed by atoms with Crippen molar-refractivity contribution in [3.8, 4) is 50.4 Å². The van der Waals surface area contributed by atoms with Crippen LogP contribution in [0.25, 0.3) is 103 Å². The minimum atomic E-state index is 0.589. The Bertz CT molecular complexity index is 3090. The van der Waals surface area contributed by atoms with E-state index in [0.29, 0.717) is 17.6 Å². The van der Waals surface area contributed by atoms with E-state index in [1.54, 1.807) is 22.7 Å². The van der Waals surface area contributed by atoms with Crippen LogP contribution in [0.2, 0.25) is 0 Å². The first kappa shape index (κ1) is 30.1. The molecule has 0 amide bonds. The second kappa shape index (κ2) is 12.0. The molecule has 0 N–H and O–H groups in total. The molecule has 0 saturated carbocycles. The predicted molar refractivity (Wildman–Crippen MR) is 222 cm³/mol. The number of para-hydroxylation sites is 3. The standard InChI is InChI=1S/C46H27N5S2/c1-3-14-28(15-4-1)30-26-27-34-33-20-13-21-35(41(33)53-42(34)40(30)45-47-36-22-9-12-25-39(36)52-45)44-48-43(29-16-5-2-6-17-29)49-46(50-44)51-37-23-10-7-18-31(37)32-19-8-11-24-38(32)51/h1-27H. The van der Waals surface area contributed by atoms with E-state index in [9.17, 15) is 0 Å². The van der Waals surface area contributed by atoms with Gasteiger partial charge in [0.1, 0.15) is 5.01 Å². The normalized spacial score (nSPS) is 11.8. The van der Waals surface area contributed by atoms with Gasteiger partial charge in [0.25, 0.3) is 0 Å². The quantitative estimate of drug-likeness (QED) is 0.178. The van der Waals surface area contributed by atoms with Gasteiger partial charge >= 0.3 is 0 Å². The van der Waals surface area contributed by atoms with Crippen molar-refractivity contribution in [2.24, 2.45) is 0 Å². The Morgan fingerprint density at radius 1 is 0.396 bits per heavy atom. The van der Waals surface area contributed by atoms with Crippen molar-refractivity contribution in [3.05, 3.63) is 164 Å². The fourth-order valence-electron chi connectivity index (χ4n) is 7.53. The highest BCUT2D eigenvalue weighted by Gasteiger charge is 2.23. The summed E-state index contributed by atoms with van der Waals surface area (Å²) < 4.78 is 5.68. The zero-order chi connectivity index (χ0) is 34.9. The highest BCUT2D eigenvalue weighted by atomic mass is 32.1. The number of thiophene rings is 1. The summed E-state index contributed by atoms with van der Waals surface area (Å²) in [5.74, 6) is 1.86. The van der Waals surface area contributed by atoms with E-state index in [1.165, 1.54) is 31.3 Å². The maximum Gasteiger partial charge on any atom is 0.238 e. The number of fused-ring (bicyclic) bond motifs is 7. The lowest BCUT2D eigenvalue weighted by molar-refractivity contribution is 0.954. The summed E-state index contributed by atoms with van der Waals surface area (Å²) in [5, 5.41) is 5.71. The lowest BCUT2D eigenvalue weighted by atomic mass is 9.97. The van der Waals surface area contributed by atoms with Crippen molar-refractivity contribution in [3.63, 3.8) is 0 Å². The Balaban J connectivity index is 1.20. The largest absolute Gasteiger partial charge is 0.278 e. The van der Waals surface area contributed by atoms with Gasteiger partial charge in [-0.1, -0.05) is 133 Å². The molecule has 53 heavy (non-hydrogen) atoms. The van der Waals surface area contributed by atoms with E-state index < -0.39 is 0 Å². The molecule has 0 aliphatic carbocycles. The smallest absolute Gasteiger partial charge is 0.238 e. The molecule has 4 aromatic heterocycles. The SMILES string of the molecule is c1ccc(-c2nc(-c3cccc4c3sc3c(-c5nc6ccccc6s5)c(-c5ccccc5)ccc34)nc(-n3c4ccccc4c4ccccc43)n2)cc1. The van der Waals surface area contributed by atoms with Crippen LogP contribution in [-0.4, -0.2) is 24.5 Å². The molecule has 7 aromatic carbocycles. The lowest BCUT2D eigenvalue weighted by Gasteiger charge is -2.11. The third kappa shape index (κ3) is 4.82. The molecule has 5 nitrogen and oxygen atoms in total. The maximum atomic E-state index is 5.30. The van der Waals surface area contributed by atoms with Crippen molar-refractivity contribution in [2.75, 3.05) is 0 Å². The van der Waals surface area contributed by atoms with Crippen LogP contribution in [0.15, 0.2) is 164 Å². The van der Waals surface area contributed by atoms with Crippen LogP contribution in [0.3, 0.4) is 0 Å². The topological polar surface area (TPSA) is 56.5 Å². The molecule has 0 fully saturated rings. The highest BCUT2D eigenvalue weighted by molar-refractivity contribution is 7.27. The number of nitrogens with zero attached hydrogens (tertiary/aromatic N) is 5. The van der Waals surface area contributed by atoms with Gasteiger partial charge in [-0.05, 0) is 41.5 Å². The number of thiazole rings is 1. The zero-order valence-electron chi connectivity index (χ0n) is 28.1. The molecule has 0 spiro atoms. The average molecular weight is 714 g/mol. The zero-order valence-corrected chi connectivity index (χ0v) is 29.8. The third-order valence-corrected chi connectivity index (χ3v) is 12.3. The van der Waals surface area contributed by atoms with E-state index in [1.807, 2.05) is 18.2 Å². The molecular formula is C46H27N5S2. The van der Waals surface area contributed by atoms with Gasteiger partial charge < -0.3 is 0 Å². The van der Waals surface area contributed by atoms with Crippen molar-refractivity contribution in [1.29, 1.82) is 0 Å². The molecule has 7 heteroatoms. The van der Waals surface area contributed by atoms with E-state index >= 15 is 0 Å². The average Bonchev–Trinajstić information content (AvgIpc) is 3.93. The predicted octanol–water partition coefficient (Wildman–Crippen LogP) is 12.6. The van der Waals surface area contributed by atoms with Crippen LogP contribution in [-0.2, 0) is 0 Å². The Labute approximate surface area is 312 Å². The molecule has 11 aromatic rings. The minimum absolute atomic E-state index is 0.589. The van der Waals surface area contributed by atoms with Gasteiger partial charge in [0, 0.05) is 47.6 Å². The summed E-state index contributed by atoms with van der Waals surface area (Å²) >= 11 is 3.54. The van der Waals surface area contributed by atoms with Gasteiger partial charge in [-0.3, -0.25) is 4.57 Å². The number of hydrogen-bond donors (Lipinski definition) is 0. The molecule has 4 heterocycles. The van der Waals surface area contributed by atoms with Crippen molar-refractivity contribution in [2.45, 2.75) is 0 Å². The van der Waals surface area contributed by atoms with E-state index in [0.717, 1.165) is 53.7 Å². The van der Waals surface area contributed by atoms with Gasteiger partial charge in [0.2, 0.25) is 5.95 Å². The van der Waals surface area contributed by atoms with E-state index in [2.05, 4.69) is 150 Å². The van der Waals surface area contributed by atoms with Gasteiger partial charge in [0.05, 0.1) is 21.3 Å². The number of hydrogen-bond acceptors (Lipinski definition) is 6. The maximum absolute atomic E-state index is 5.30. The molecule has 248 valence electrons. The number of rotatable bonds is 5. The fourth-order valence-corrected chi connectivity index (χ4v) is 9.98. The first-order valence-corrected chi connectivity index (χ1v) is 19.1. The van der Waals surface area contributed by atoms with Gasteiger partial charge in [0.15, 0.2) is 11.6 Å². The van der Waals surface area contributed by atoms with Crippen LogP contribution in [0, 0.1) is 0 Å². The number of benzene rings is 7. The monoisotopic (exact) mass is 713 g/mol. The summed E-state index contributed by atoms with van der Waals surface area (Å²) in [7, 11) is 0. The molecule has 0 unspecified atom stereocenters. The summed E-state index contributed by atoms with van der Waals surface area (Å²) in [4.78, 5) is 20.8. The van der Waals surface area contributed by atoms with Gasteiger partial charge in [-0.25, -0.2) is 9.97 Å². The second-order valence-electron chi connectivity index (χ2n) is 13.0. The first-order valence-electron chi connectivity index (χ1n) is 17.5.